The summed E-state index contributed by atoms with van der Waals surface area (Å²) in [5.74, 6) is -2.25. The van der Waals surface area contributed by atoms with Crippen LogP contribution in [0, 0.1) is 5.92 Å². The van der Waals surface area contributed by atoms with Gasteiger partial charge in [-0.05, 0) is 44.9 Å². The lowest BCUT2D eigenvalue weighted by atomic mass is 10.0. The lowest BCUT2D eigenvalue weighted by Crippen LogP contribution is -2.40. The first-order chi connectivity index (χ1) is 12.6. The van der Waals surface area contributed by atoms with Crippen LogP contribution in [0.1, 0.15) is 37.0 Å². The van der Waals surface area contributed by atoms with E-state index in [1.807, 2.05) is 4.90 Å². The molecule has 1 saturated heterocycles. The van der Waals surface area contributed by atoms with Crippen molar-refractivity contribution in [2.24, 2.45) is 5.92 Å². The highest BCUT2D eigenvalue weighted by Gasteiger charge is 2.27. The minimum Gasteiger partial charge on any atom is -0.481 e. The number of rotatable bonds is 7. The molecule has 27 heavy (non-hydrogen) atoms. The summed E-state index contributed by atoms with van der Waals surface area (Å²) in [6.07, 6.45) is 2.01. The summed E-state index contributed by atoms with van der Waals surface area (Å²) >= 11 is 0. The zero-order valence-corrected chi connectivity index (χ0v) is 16.9. The number of nitrogens with zero attached hydrogens (tertiary/aromatic N) is 2. The normalized spacial score (nSPS) is 17.0. The second kappa shape index (κ2) is 8.26. The fourth-order valence-corrected chi connectivity index (χ4v) is 3.85. The van der Waals surface area contributed by atoms with Crippen LogP contribution in [0.25, 0.3) is 0 Å². The molecule has 1 aromatic rings. The van der Waals surface area contributed by atoms with Crippen LogP contribution < -0.4 is 10.2 Å². The van der Waals surface area contributed by atoms with E-state index in [1.165, 1.54) is 33.2 Å². The predicted molar refractivity (Wildman–Crippen MR) is 102 cm³/mol. The summed E-state index contributed by atoms with van der Waals surface area (Å²) in [6, 6.07) is 3.93. The standard InChI is InChI=1S/C18H27N3O5S/c1-12(18(23)24)13(2)19-17(22)15-11-14(27(25,26)20(3)4)7-8-16(15)21-9-5-6-10-21/h7-8,11-13H,5-6,9-10H2,1-4H3,(H,19,22)(H,23,24). The van der Waals surface area contributed by atoms with Gasteiger partial charge in [0.25, 0.3) is 5.91 Å². The smallest absolute Gasteiger partial charge is 0.308 e. The molecule has 0 aromatic heterocycles. The zero-order valence-electron chi connectivity index (χ0n) is 16.1. The summed E-state index contributed by atoms with van der Waals surface area (Å²) < 4.78 is 26.0. The molecular formula is C18H27N3O5S. The number of benzene rings is 1. The fraction of sp³-hybridized carbons (Fsp3) is 0.556. The average molecular weight is 397 g/mol. The Hall–Kier alpha value is -2.13. The number of amides is 1. The Bertz CT molecular complexity index is 816. The highest BCUT2D eigenvalue weighted by Crippen LogP contribution is 2.28. The molecule has 1 heterocycles. The van der Waals surface area contributed by atoms with Crippen LogP contribution in [0.15, 0.2) is 23.1 Å². The van der Waals surface area contributed by atoms with Crippen molar-refractivity contribution in [2.75, 3.05) is 32.1 Å². The van der Waals surface area contributed by atoms with Crippen molar-refractivity contribution >= 4 is 27.6 Å². The molecular weight excluding hydrogens is 370 g/mol. The van der Waals surface area contributed by atoms with Gasteiger partial charge in [-0.15, -0.1) is 0 Å². The summed E-state index contributed by atoms with van der Waals surface area (Å²) in [7, 11) is -0.829. The molecule has 1 aliphatic heterocycles. The largest absolute Gasteiger partial charge is 0.481 e. The molecule has 2 rings (SSSR count). The van der Waals surface area contributed by atoms with E-state index in [2.05, 4.69) is 5.32 Å². The molecule has 1 aliphatic rings. The Balaban J connectivity index is 2.43. The van der Waals surface area contributed by atoms with Gasteiger partial charge < -0.3 is 15.3 Å². The molecule has 0 spiro atoms. The van der Waals surface area contributed by atoms with Crippen LogP contribution in [0.2, 0.25) is 0 Å². The topological polar surface area (TPSA) is 107 Å². The monoisotopic (exact) mass is 397 g/mol. The van der Waals surface area contributed by atoms with Crippen molar-refractivity contribution < 1.29 is 23.1 Å². The number of carboxylic acid groups (broad SMARTS) is 1. The van der Waals surface area contributed by atoms with Gasteiger partial charge in [-0.1, -0.05) is 0 Å². The third kappa shape index (κ3) is 4.59. The summed E-state index contributed by atoms with van der Waals surface area (Å²) in [4.78, 5) is 26.1. The number of hydrogen-bond acceptors (Lipinski definition) is 5. The summed E-state index contributed by atoms with van der Waals surface area (Å²) in [5, 5.41) is 11.8. The molecule has 0 radical (unpaired) electrons. The number of sulfonamides is 1. The van der Waals surface area contributed by atoms with Crippen LogP contribution in [0.3, 0.4) is 0 Å². The minimum atomic E-state index is -3.69. The van der Waals surface area contributed by atoms with Gasteiger partial charge in [0.2, 0.25) is 10.0 Å². The fourth-order valence-electron chi connectivity index (χ4n) is 2.93. The van der Waals surface area contributed by atoms with Gasteiger partial charge in [0, 0.05) is 38.9 Å². The minimum absolute atomic E-state index is 0.0273. The van der Waals surface area contributed by atoms with Crippen LogP contribution in [0.4, 0.5) is 5.69 Å². The Morgan fingerprint density at radius 2 is 1.78 bits per heavy atom. The number of carbonyl (C=O) groups excluding carboxylic acids is 1. The first kappa shape index (κ1) is 21.2. The SMILES string of the molecule is CC(NC(=O)c1cc(S(=O)(=O)N(C)C)ccc1N1CCCC1)C(C)C(=O)O. The van der Waals surface area contributed by atoms with E-state index in [0.717, 1.165) is 30.2 Å². The number of anilines is 1. The number of carboxylic acids is 1. The van der Waals surface area contributed by atoms with Gasteiger partial charge in [-0.3, -0.25) is 9.59 Å². The van der Waals surface area contributed by atoms with Gasteiger partial charge in [-0.2, -0.15) is 0 Å². The molecule has 2 unspecified atom stereocenters. The molecule has 1 aromatic carbocycles. The van der Waals surface area contributed by atoms with Crippen LogP contribution in [-0.4, -0.2) is 62.9 Å². The molecule has 0 bridgehead atoms. The third-order valence-corrected chi connectivity index (χ3v) is 6.75. The molecule has 2 N–H and O–H groups in total. The van der Waals surface area contributed by atoms with E-state index in [9.17, 15) is 18.0 Å². The summed E-state index contributed by atoms with van der Waals surface area (Å²) in [6.45, 7) is 4.72. The number of carbonyl (C=O) groups is 2. The molecule has 9 heteroatoms. The van der Waals surface area contributed by atoms with E-state index in [-0.39, 0.29) is 10.5 Å². The van der Waals surface area contributed by atoms with Crippen LogP contribution in [-0.2, 0) is 14.8 Å². The highest BCUT2D eigenvalue weighted by atomic mass is 32.2. The van der Waals surface area contributed by atoms with Gasteiger partial charge in [-0.25, -0.2) is 12.7 Å². The Labute approximate surface area is 160 Å². The first-order valence-electron chi connectivity index (χ1n) is 8.91. The van der Waals surface area contributed by atoms with Crippen molar-refractivity contribution in [3.8, 4) is 0 Å². The molecule has 0 saturated carbocycles. The molecule has 0 aliphatic carbocycles. The highest BCUT2D eigenvalue weighted by molar-refractivity contribution is 7.89. The van der Waals surface area contributed by atoms with E-state index in [4.69, 9.17) is 5.11 Å². The van der Waals surface area contributed by atoms with Gasteiger partial charge >= 0.3 is 5.97 Å². The van der Waals surface area contributed by atoms with Crippen molar-refractivity contribution in [1.82, 2.24) is 9.62 Å². The predicted octanol–water partition coefficient (Wildman–Crippen LogP) is 1.38. The molecule has 1 fully saturated rings. The molecule has 2 atom stereocenters. The molecule has 8 nitrogen and oxygen atoms in total. The van der Waals surface area contributed by atoms with E-state index < -0.39 is 33.9 Å². The van der Waals surface area contributed by atoms with Crippen molar-refractivity contribution in [2.45, 2.75) is 37.6 Å². The summed E-state index contributed by atoms with van der Waals surface area (Å²) in [5.41, 5.74) is 0.905. The van der Waals surface area contributed by atoms with Crippen LogP contribution in [0.5, 0.6) is 0 Å². The van der Waals surface area contributed by atoms with E-state index in [0.29, 0.717) is 5.69 Å². The van der Waals surface area contributed by atoms with Gasteiger partial charge in [0.15, 0.2) is 0 Å². The Kier molecular flexibility index (Phi) is 6.48. The average Bonchev–Trinajstić information content (AvgIpc) is 3.14. The van der Waals surface area contributed by atoms with E-state index in [1.54, 1.807) is 13.0 Å². The Morgan fingerprint density at radius 1 is 1.19 bits per heavy atom. The maximum absolute atomic E-state index is 12.9. The molecule has 1 amide bonds. The van der Waals surface area contributed by atoms with Crippen LogP contribution >= 0.6 is 0 Å². The number of hydrogen-bond donors (Lipinski definition) is 2. The quantitative estimate of drug-likeness (QED) is 0.720. The lowest BCUT2D eigenvalue weighted by molar-refractivity contribution is -0.141. The number of aliphatic carboxylic acids is 1. The molecule has 150 valence electrons. The second-order valence-electron chi connectivity index (χ2n) is 7.05. The van der Waals surface area contributed by atoms with E-state index >= 15 is 0 Å². The van der Waals surface area contributed by atoms with Crippen molar-refractivity contribution in [3.05, 3.63) is 23.8 Å². The maximum Gasteiger partial charge on any atom is 0.308 e. The van der Waals surface area contributed by atoms with Crippen molar-refractivity contribution in [1.29, 1.82) is 0 Å². The van der Waals surface area contributed by atoms with Gasteiger partial charge in [0.05, 0.1) is 16.4 Å². The zero-order chi connectivity index (χ0) is 20.4. The Morgan fingerprint density at radius 3 is 2.30 bits per heavy atom. The second-order valence-corrected chi connectivity index (χ2v) is 9.20. The third-order valence-electron chi connectivity index (χ3n) is 4.94. The van der Waals surface area contributed by atoms with Gasteiger partial charge in [0.1, 0.15) is 0 Å². The van der Waals surface area contributed by atoms with Crippen molar-refractivity contribution in [3.63, 3.8) is 0 Å². The number of nitrogens with one attached hydrogen (secondary N) is 1. The maximum atomic E-state index is 12.9. The lowest BCUT2D eigenvalue weighted by Gasteiger charge is -2.24. The first-order valence-corrected chi connectivity index (χ1v) is 10.3.